The second-order valence-electron chi connectivity index (χ2n) is 5.38. The van der Waals surface area contributed by atoms with E-state index in [4.69, 9.17) is 5.26 Å². The Bertz CT molecular complexity index is 639. The van der Waals surface area contributed by atoms with Crippen LogP contribution in [0.15, 0.2) is 23.1 Å². The Morgan fingerprint density at radius 2 is 1.90 bits per heavy atom. The van der Waals surface area contributed by atoms with Crippen molar-refractivity contribution in [2.45, 2.75) is 37.8 Å². The Morgan fingerprint density at radius 1 is 1.30 bits per heavy atom. The van der Waals surface area contributed by atoms with Crippen molar-refractivity contribution in [2.24, 2.45) is 0 Å². The van der Waals surface area contributed by atoms with Gasteiger partial charge in [-0.2, -0.15) is 9.57 Å². The lowest BCUT2D eigenvalue weighted by Crippen LogP contribution is -2.55. The van der Waals surface area contributed by atoms with Crippen molar-refractivity contribution in [3.05, 3.63) is 29.3 Å². The van der Waals surface area contributed by atoms with E-state index in [0.717, 1.165) is 0 Å². The molecule has 0 bridgehead atoms. The Hall–Kier alpha value is -1.42. The quantitative estimate of drug-likeness (QED) is 0.890. The van der Waals surface area contributed by atoms with E-state index in [1.165, 1.54) is 10.4 Å². The first-order valence-electron chi connectivity index (χ1n) is 6.61. The fourth-order valence-electron chi connectivity index (χ4n) is 2.54. The number of nitriles is 1. The van der Waals surface area contributed by atoms with E-state index in [0.29, 0.717) is 24.2 Å². The molecular formula is C14H19N3O2S. The average Bonchev–Trinajstić information content (AvgIpc) is 2.37. The van der Waals surface area contributed by atoms with Crippen LogP contribution in [0.5, 0.6) is 0 Å². The molecule has 0 aliphatic carbocycles. The van der Waals surface area contributed by atoms with Gasteiger partial charge < -0.3 is 5.32 Å². The van der Waals surface area contributed by atoms with Crippen molar-refractivity contribution in [3.63, 3.8) is 0 Å². The third-order valence-electron chi connectivity index (χ3n) is 3.48. The van der Waals surface area contributed by atoms with Crippen LogP contribution >= 0.6 is 0 Å². The molecule has 2 rings (SSSR count). The Balaban J connectivity index is 2.35. The van der Waals surface area contributed by atoms with Gasteiger partial charge in [0, 0.05) is 25.2 Å². The second kappa shape index (κ2) is 5.52. The molecule has 1 saturated heterocycles. The molecular weight excluding hydrogens is 274 g/mol. The first kappa shape index (κ1) is 15.0. The molecule has 1 aromatic rings. The summed E-state index contributed by atoms with van der Waals surface area (Å²) in [5, 5.41) is 12.2. The first-order valence-corrected chi connectivity index (χ1v) is 8.05. The highest BCUT2D eigenvalue weighted by atomic mass is 32.2. The van der Waals surface area contributed by atoms with Gasteiger partial charge in [0.2, 0.25) is 10.0 Å². The van der Waals surface area contributed by atoms with Gasteiger partial charge in [-0.3, -0.25) is 0 Å². The number of nitrogens with zero attached hydrogens (tertiary/aromatic N) is 2. The zero-order valence-electron chi connectivity index (χ0n) is 11.9. The molecule has 2 unspecified atom stereocenters. The lowest BCUT2D eigenvalue weighted by Gasteiger charge is -2.35. The van der Waals surface area contributed by atoms with Crippen molar-refractivity contribution in [3.8, 4) is 6.07 Å². The molecule has 1 aliphatic rings. The number of benzene rings is 1. The first-order chi connectivity index (χ1) is 9.34. The lowest BCUT2D eigenvalue weighted by molar-refractivity contribution is 0.263. The summed E-state index contributed by atoms with van der Waals surface area (Å²) in [6, 6.07) is 6.97. The van der Waals surface area contributed by atoms with Crippen molar-refractivity contribution < 1.29 is 8.42 Å². The highest BCUT2D eigenvalue weighted by molar-refractivity contribution is 7.89. The number of sulfonamides is 1. The number of hydrogen-bond acceptors (Lipinski definition) is 4. The van der Waals surface area contributed by atoms with Crippen LogP contribution in [0.25, 0.3) is 0 Å². The molecule has 1 aliphatic heterocycles. The zero-order valence-corrected chi connectivity index (χ0v) is 12.7. The summed E-state index contributed by atoms with van der Waals surface area (Å²) in [6.07, 6.45) is 0. The van der Waals surface area contributed by atoms with Crippen LogP contribution in [0.4, 0.5) is 0 Å². The van der Waals surface area contributed by atoms with E-state index >= 15 is 0 Å². The molecule has 1 heterocycles. The van der Waals surface area contributed by atoms with Crippen LogP contribution < -0.4 is 5.32 Å². The third kappa shape index (κ3) is 2.85. The summed E-state index contributed by atoms with van der Waals surface area (Å²) in [5.74, 6) is 0. The van der Waals surface area contributed by atoms with E-state index in [-0.39, 0.29) is 17.0 Å². The van der Waals surface area contributed by atoms with Gasteiger partial charge in [0.25, 0.3) is 0 Å². The van der Waals surface area contributed by atoms with E-state index < -0.39 is 10.0 Å². The number of piperazine rings is 1. The van der Waals surface area contributed by atoms with Crippen LogP contribution in [0.1, 0.15) is 25.0 Å². The summed E-state index contributed by atoms with van der Waals surface area (Å²) >= 11 is 0. The molecule has 1 aromatic carbocycles. The summed E-state index contributed by atoms with van der Waals surface area (Å²) < 4.78 is 26.8. The fraction of sp³-hybridized carbons (Fsp3) is 0.500. The molecule has 2 atom stereocenters. The molecule has 20 heavy (non-hydrogen) atoms. The smallest absolute Gasteiger partial charge is 0.243 e. The molecule has 1 fully saturated rings. The summed E-state index contributed by atoms with van der Waals surface area (Å²) in [4.78, 5) is 0.260. The van der Waals surface area contributed by atoms with Crippen molar-refractivity contribution >= 4 is 10.0 Å². The van der Waals surface area contributed by atoms with Gasteiger partial charge >= 0.3 is 0 Å². The highest BCUT2D eigenvalue weighted by Gasteiger charge is 2.31. The van der Waals surface area contributed by atoms with Gasteiger partial charge in [-0.1, -0.05) is 0 Å². The standard InChI is InChI=1S/C14H19N3O2S/c1-10-6-14(5-4-13(10)7-15)20(18,19)17-8-11(2)16-12(3)9-17/h4-6,11-12,16H,8-9H2,1-3H3. The lowest BCUT2D eigenvalue weighted by atomic mass is 10.1. The molecule has 108 valence electrons. The molecule has 0 amide bonds. The molecule has 0 spiro atoms. The molecule has 5 nitrogen and oxygen atoms in total. The van der Waals surface area contributed by atoms with Gasteiger partial charge in [0.1, 0.15) is 0 Å². The number of nitrogens with one attached hydrogen (secondary N) is 1. The van der Waals surface area contributed by atoms with E-state index in [9.17, 15) is 8.42 Å². The summed E-state index contributed by atoms with van der Waals surface area (Å²) in [6.45, 7) is 6.63. The average molecular weight is 293 g/mol. The van der Waals surface area contributed by atoms with Crippen LogP contribution in [0.3, 0.4) is 0 Å². The predicted molar refractivity (Wildman–Crippen MR) is 76.7 cm³/mol. The van der Waals surface area contributed by atoms with E-state index in [1.54, 1.807) is 19.1 Å². The van der Waals surface area contributed by atoms with Crippen molar-refractivity contribution in [1.29, 1.82) is 5.26 Å². The van der Waals surface area contributed by atoms with Crippen molar-refractivity contribution in [2.75, 3.05) is 13.1 Å². The highest BCUT2D eigenvalue weighted by Crippen LogP contribution is 2.21. The van der Waals surface area contributed by atoms with Gasteiger partial charge in [-0.15, -0.1) is 0 Å². The van der Waals surface area contributed by atoms with Crippen molar-refractivity contribution in [1.82, 2.24) is 9.62 Å². The number of rotatable bonds is 2. The minimum absolute atomic E-state index is 0.132. The molecule has 1 N–H and O–H groups in total. The maximum atomic E-state index is 12.6. The fourth-order valence-corrected chi connectivity index (χ4v) is 4.25. The minimum Gasteiger partial charge on any atom is -0.309 e. The van der Waals surface area contributed by atoms with Crippen LogP contribution in [-0.4, -0.2) is 37.9 Å². The largest absolute Gasteiger partial charge is 0.309 e. The van der Waals surface area contributed by atoms with E-state index in [1.807, 2.05) is 19.9 Å². The molecule has 0 aromatic heterocycles. The maximum absolute atomic E-state index is 12.6. The number of hydrogen-bond donors (Lipinski definition) is 1. The van der Waals surface area contributed by atoms with Gasteiger partial charge in [0.05, 0.1) is 16.5 Å². The normalized spacial score (nSPS) is 24.3. The molecule has 6 heteroatoms. The molecule has 0 radical (unpaired) electrons. The van der Waals surface area contributed by atoms with Gasteiger partial charge in [0.15, 0.2) is 0 Å². The molecule has 0 saturated carbocycles. The second-order valence-corrected chi connectivity index (χ2v) is 7.32. The maximum Gasteiger partial charge on any atom is 0.243 e. The minimum atomic E-state index is -3.49. The Kier molecular flexibility index (Phi) is 4.14. The van der Waals surface area contributed by atoms with Gasteiger partial charge in [-0.25, -0.2) is 8.42 Å². The van der Waals surface area contributed by atoms with Crippen LogP contribution in [-0.2, 0) is 10.0 Å². The van der Waals surface area contributed by atoms with E-state index in [2.05, 4.69) is 5.32 Å². The van der Waals surface area contributed by atoms with Crippen LogP contribution in [0.2, 0.25) is 0 Å². The van der Waals surface area contributed by atoms with Gasteiger partial charge in [-0.05, 0) is 44.5 Å². The topological polar surface area (TPSA) is 73.2 Å². The Morgan fingerprint density at radius 3 is 2.40 bits per heavy atom. The predicted octanol–water partition coefficient (Wildman–Crippen LogP) is 1.24. The SMILES string of the molecule is Cc1cc(S(=O)(=O)N2CC(C)NC(C)C2)ccc1C#N. The summed E-state index contributed by atoms with van der Waals surface area (Å²) in [7, 11) is -3.49. The summed E-state index contributed by atoms with van der Waals surface area (Å²) in [5.41, 5.74) is 1.19. The third-order valence-corrected chi connectivity index (χ3v) is 5.31. The number of aryl methyl sites for hydroxylation is 1. The zero-order chi connectivity index (χ0) is 14.9. The monoisotopic (exact) mass is 293 g/mol. The Labute approximate surface area is 120 Å². The van der Waals surface area contributed by atoms with Crippen LogP contribution in [0, 0.1) is 18.3 Å².